The van der Waals surface area contributed by atoms with Crippen molar-refractivity contribution >= 4 is 21.9 Å². The fraction of sp³-hybridized carbons (Fsp3) is 0.200. The maximum Gasteiger partial charge on any atom is 0.313 e. The first kappa shape index (κ1) is 11.9. The van der Waals surface area contributed by atoms with E-state index in [9.17, 15) is 13.5 Å². The number of phenols is 1. The summed E-state index contributed by atoms with van der Waals surface area (Å²) < 4.78 is 27.2. The van der Waals surface area contributed by atoms with Gasteiger partial charge in [-0.15, -0.1) is 0 Å². The second-order valence-corrected chi connectivity index (χ2v) is 5.23. The van der Waals surface area contributed by atoms with Crippen LogP contribution in [-0.2, 0) is 20.8 Å². The first-order valence-corrected chi connectivity index (χ1v) is 6.32. The smallest absolute Gasteiger partial charge is 0.313 e. The predicted molar refractivity (Wildman–Crippen MR) is 62.3 cm³/mol. The minimum atomic E-state index is -4.05. The minimum Gasteiger partial charge on any atom is -0.506 e. The van der Waals surface area contributed by atoms with Gasteiger partial charge in [0.2, 0.25) is 0 Å². The molecule has 0 bridgehead atoms. The number of hydrogen-bond acceptors (Lipinski definition) is 6. The predicted octanol–water partition coefficient (Wildman–Crippen LogP) is 0.513. The van der Waals surface area contributed by atoms with Gasteiger partial charge < -0.3 is 10.8 Å². The average molecular weight is 256 g/mol. The van der Waals surface area contributed by atoms with E-state index in [2.05, 4.69) is 4.28 Å². The van der Waals surface area contributed by atoms with E-state index in [1.807, 2.05) is 6.08 Å². The van der Waals surface area contributed by atoms with Gasteiger partial charge in [-0.1, -0.05) is 12.2 Å². The number of rotatable bonds is 2. The molecule has 0 aliphatic heterocycles. The van der Waals surface area contributed by atoms with Crippen LogP contribution in [0.3, 0.4) is 0 Å². The lowest BCUT2D eigenvalue weighted by Crippen LogP contribution is -2.15. The van der Waals surface area contributed by atoms with Crippen LogP contribution in [0.4, 0.5) is 5.69 Å². The minimum absolute atomic E-state index is 0.133. The van der Waals surface area contributed by atoms with E-state index in [0.29, 0.717) is 24.0 Å². The fourth-order valence-electron chi connectivity index (χ4n) is 1.87. The molecule has 0 spiro atoms. The lowest BCUT2D eigenvalue weighted by Gasteiger charge is -2.17. The molecule has 6 nitrogen and oxygen atoms in total. The van der Waals surface area contributed by atoms with E-state index in [-0.39, 0.29) is 16.3 Å². The van der Waals surface area contributed by atoms with E-state index < -0.39 is 10.1 Å². The Morgan fingerprint density at radius 1 is 1.41 bits per heavy atom. The molecule has 1 aromatic rings. The van der Waals surface area contributed by atoms with E-state index >= 15 is 0 Å². The third kappa shape index (κ3) is 1.88. The summed E-state index contributed by atoms with van der Waals surface area (Å²) in [6.45, 7) is 0. The number of nitrogens with two attached hydrogens (primary N) is 2. The Balaban J connectivity index is 2.79. The fourth-order valence-corrected chi connectivity index (χ4v) is 2.75. The first-order valence-electron chi connectivity index (χ1n) is 4.91. The van der Waals surface area contributed by atoms with Gasteiger partial charge in [-0.25, -0.2) is 0 Å². The van der Waals surface area contributed by atoms with Crippen molar-refractivity contribution < 1.29 is 17.8 Å². The van der Waals surface area contributed by atoms with Gasteiger partial charge in [0, 0.05) is 11.6 Å². The summed E-state index contributed by atoms with van der Waals surface area (Å²) in [7, 11) is -4.05. The van der Waals surface area contributed by atoms with Gasteiger partial charge >= 0.3 is 10.1 Å². The zero-order valence-electron chi connectivity index (χ0n) is 8.88. The van der Waals surface area contributed by atoms with Crippen molar-refractivity contribution in [1.29, 1.82) is 0 Å². The van der Waals surface area contributed by atoms with Crippen LogP contribution in [0.25, 0.3) is 6.08 Å². The summed E-state index contributed by atoms with van der Waals surface area (Å²) in [4.78, 5) is -0.133. The van der Waals surface area contributed by atoms with Crippen LogP contribution in [0, 0.1) is 0 Å². The highest BCUT2D eigenvalue weighted by Gasteiger charge is 2.25. The summed E-state index contributed by atoms with van der Waals surface area (Å²) in [5.41, 5.74) is 6.88. The normalized spacial score (nSPS) is 14.6. The van der Waals surface area contributed by atoms with Crippen LogP contribution in [0.15, 0.2) is 17.0 Å². The Bertz CT molecular complexity index is 593. The number of hydrogen-bond donors (Lipinski definition) is 3. The molecule has 0 saturated heterocycles. The van der Waals surface area contributed by atoms with Crippen LogP contribution in [0.2, 0.25) is 0 Å². The van der Waals surface area contributed by atoms with Crippen LogP contribution in [0.5, 0.6) is 5.75 Å². The molecule has 0 saturated carbocycles. The Morgan fingerprint density at radius 2 is 2.12 bits per heavy atom. The van der Waals surface area contributed by atoms with Crippen molar-refractivity contribution in [3.05, 3.63) is 23.3 Å². The summed E-state index contributed by atoms with van der Waals surface area (Å²) >= 11 is 0. The van der Waals surface area contributed by atoms with Gasteiger partial charge in [0.25, 0.3) is 0 Å². The van der Waals surface area contributed by atoms with Gasteiger partial charge in [-0.3, -0.25) is 0 Å². The van der Waals surface area contributed by atoms with Crippen LogP contribution < -0.4 is 11.6 Å². The molecule has 92 valence electrons. The first-order chi connectivity index (χ1) is 7.97. The van der Waals surface area contributed by atoms with Crippen LogP contribution in [0.1, 0.15) is 17.5 Å². The summed E-state index contributed by atoms with van der Waals surface area (Å²) in [6, 6.07) is 1.06. The van der Waals surface area contributed by atoms with Crippen molar-refractivity contribution in [2.45, 2.75) is 17.7 Å². The highest BCUT2D eigenvalue weighted by atomic mass is 32.2. The molecule has 0 radical (unpaired) electrons. The molecule has 0 atom stereocenters. The van der Waals surface area contributed by atoms with Crippen molar-refractivity contribution in [3.63, 3.8) is 0 Å². The number of aromatic hydroxyl groups is 1. The molecule has 7 heteroatoms. The lowest BCUT2D eigenvalue weighted by atomic mass is 9.95. The molecule has 0 aromatic heterocycles. The van der Waals surface area contributed by atoms with E-state index in [4.69, 9.17) is 11.6 Å². The standard InChI is InChI=1S/C10H12N2O4S/c11-10-7-4-2-1-3-6(7)9(5-8(10)13)17(14,15)16-12/h2,4-5,13H,1,3,11-12H2. The van der Waals surface area contributed by atoms with E-state index in [1.54, 1.807) is 6.08 Å². The van der Waals surface area contributed by atoms with E-state index in [0.717, 1.165) is 6.07 Å². The molecule has 5 N–H and O–H groups in total. The zero-order valence-corrected chi connectivity index (χ0v) is 9.70. The van der Waals surface area contributed by atoms with Crippen molar-refractivity contribution in [1.82, 2.24) is 0 Å². The second kappa shape index (κ2) is 4.02. The van der Waals surface area contributed by atoms with Crippen LogP contribution >= 0.6 is 0 Å². The molecule has 2 rings (SSSR count). The van der Waals surface area contributed by atoms with Gasteiger partial charge in [-0.05, 0) is 18.4 Å². The molecule has 0 heterocycles. The monoisotopic (exact) mass is 256 g/mol. The molecule has 17 heavy (non-hydrogen) atoms. The number of anilines is 1. The van der Waals surface area contributed by atoms with E-state index in [1.165, 1.54) is 0 Å². The van der Waals surface area contributed by atoms with Gasteiger partial charge in [0.15, 0.2) is 0 Å². The molecule has 0 fully saturated rings. The summed E-state index contributed by atoms with van der Waals surface area (Å²) in [5, 5.41) is 9.60. The van der Waals surface area contributed by atoms with Gasteiger partial charge in [-0.2, -0.15) is 18.6 Å². The molecule has 1 aliphatic rings. The number of allylic oxidation sites excluding steroid dienone is 1. The SMILES string of the molecule is NOS(=O)(=O)c1cc(O)c(N)c2c1CCC=C2. The Kier molecular flexibility index (Phi) is 2.82. The molecule has 1 aromatic carbocycles. The van der Waals surface area contributed by atoms with Gasteiger partial charge in [0.05, 0.1) is 5.69 Å². The third-order valence-corrected chi connectivity index (χ3v) is 3.85. The third-order valence-electron chi connectivity index (χ3n) is 2.70. The highest BCUT2D eigenvalue weighted by Crippen LogP contribution is 2.36. The Hall–Kier alpha value is -1.57. The molecule has 0 amide bonds. The summed E-state index contributed by atoms with van der Waals surface area (Å²) in [5.74, 6) is 4.44. The topological polar surface area (TPSA) is 116 Å². The zero-order chi connectivity index (χ0) is 12.6. The summed E-state index contributed by atoms with van der Waals surface area (Å²) in [6.07, 6.45) is 4.75. The largest absolute Gasteiger partial charge is 0.506 e. The molecule has 0 unspecified atom stereocenters. The molecular formula is C10H12N2O4S. The van der Waals surface area contributed by atoms with Crippen molar-refractivity contribution in [2.75, 3.05) is 5.73 Å². The number of fused-ring (bicyclic) bond motifs is 1. The lowest BCUT2D eigenvalue weighted by molar-refractivity contribution is 0.332. The number of nitrogen functional groups attached to an aromatic ring is 1. The van der Waals surface area contributed by atoms with Gasteiger partial charge in [0.1, 0.15) is 10.6 Å². The number of phenolic OH excluding ortho intramolecular Hbond substituents is 1. The van der Waals surface area contributed by atoms with Crippen molar-refractivity contribution in [3.8, 4) is 5.75 Å². The Labute approximate surface area is 98.6 Å². The highest BCUT2D eigenvalue weighted by molar-refractivity contribution is 7.86. The average Bonchev–Trinajstić information content (AvgIpc) is 2.33. The molecular weight excluding hydrogens is 244 g/mol. The quantitative estimate of drug-likeness (QED) is 0.403. The Morgan fingerprint density at radius 3 is 2.76 bits per heavy atom. The van der Waals surface area contributed by atoms with Crippen LogP contribution in [-0.4, -0.2) is 13.5 Å². The molecule has 1 aliphatic carbocycles. The maximum absolute atomic E-state index is 11.6. The number of benzene rings is 1. The second-order valence-electron chi connectivity index (χ2n) is 3.69. The van der Waals surface area contributed by atoms with Crippen molar-refractivity contribution in [2.24, 2.45) is 5.90 Å². The maximum atomic E-state index is 11.6.